The molecule has 1 aliphatic carbocycles. The van der Waals surface area contributed by atoms with E-state index in [4.69, 9.17) is 5.10 Å². The quantitative estimate of drug-likeness (QED) is 0.488. The summed E-state index contributed by atoms with van der Waals surface area (Å²) in [4.78, 5) is 15.8. The third kappa shape index (κ3) is 2.98. The van der Waals surface area contributed by atoms with Crippen molar-refractivity contribution in [2.45, 2.75) is 36.7 Å². The first kappa shape index (κ1) is 19.1. The smallest absolute Gasteiger partial charge is 0.261 e. The number of aromatic amines is 1. The Hall–Kier alpha value is -2.84. The van der Waals surface area contributed by atoms with Crippen molar-refractivity contribution in [1.29, 1.82) is 5.26 Å². The molecule has 1 aromatic carbocycles. The van der Waals surface area contributed by atoms with Crippen molar-refractivity contribution in [3.05, 3.63) is 46.4 Å². The number of anilines is 2. The van der Waals surface area contributed by atoms with Crippen LogP contribution in [0.3, 0.4) is 0 Å². The molecule has 0 radical (unpaired) electrons. The van der Waals surface area contributed by atoms with E-state index in [1.807, 2.05) is 16.8 Å². The Morgan fingerprint density at radius 1 is 1.40 bits per heavy atom. The minimum Gasteiger partial charge on any atom is -0.338 e. The Labute approximate surface area is 174 Å². The van der Waals surface area contributed by atoms with Crippen LogP contribution in [0.4, 0.5) is 11.5 Å². The van der Waals surface area contributed by atoms with E-state index in [1.54, 1.807) is 25.4 Å². The van der Waals surface area contributed by atoms with Crippen LogP contribution in [0, 0.1) is 17.2 Å². The van der Waals surface area contributed by atoms with Crippen LogP contribution in [0.25, 0.3) is 10.9 Å². The lowest BCUT2D eigenvalue weighted by molar-refractivity contribution is 0.399. The topological polar surface area (TPSA) is 130 Å². The number of nitrogens with zero attached hydrogens (tertiary/aromatic N) is 4. The van der Waals surface area contributed by atoms with Crippen LogP contribution < -0.4 is 10.9 Å². The number of nitriles is 1. The van der Waals surface area contributed by atoms with Gasteiger partial charge in [-0.1, -0.05) is 0 Å². The summed E-state index contributed by atoms with van der Waals surface area (Å²) in [5.74, 6) is 0.828. The van der Waals surface area contributed by atoms with Crippen molar-refractivity contribution in [3.8, 4) is 6.07 Å². The molecule has 9 nitrogen and oxygen atoms in total. The second kappa shape index (κ2) is 6.85. The van der Waals surface area contributed by atoms with Gasteiger partial charge in [-0.25, -0.2) is 4.31 Å². The lowest BCUT2D eigenvalue weighted by Crippen LogP contribution is -2.15. The zero-order chi connectivity index (χ0) is 21.0. The first-order valence-corrected chi connectivity index (χ1v) is 11.3. The van der Waals surface area contributed by atoms with E-state index in [0.29, 0.717) is 46.2 Å². The highest BCUT2D eigenvalue weighted by atomic mass is 32.3. The maximum Gasteiger partial charge on any atom is 0.261 e. The van der Waals surface area contributed by atoms with Gasteiger partial charge in [0.05, 0.1) is 28.9 Å². The summed E-state index contributed by atoms with van der Waals surface area (Å²) in [7, 11) is -1.26. The normalized spacial score (nSPS) is 19.9. The van der Waals surface area contributed by atoms with Crippen LogP contribution in [0.2, 0.25) is 0 Å². The number of aromatic nitrogens is 3. The van der Waals surface area contributed by atoms with E-state index in [2.05, 4.69) is 16.4 Å². The van der Waals surface area contributed by atoms with E-state index in [0.717, 1.165) is 18.4 Å². The van der Waals surface area contributed by atoms with Crippen molar-refractivity contribution < 1.29 is 9.11 Å². The molecule has 1 saturated carbocycles. The third-order valence-corrected chi connectivity index (χ3v) is 7.84. The molecule has 0 amide bonds. The molecule has 1 fully saturated rings. The van der Waals surface area contributed by atoms with Gasteiger partial charge in [0.25, 0.3) is 5.56 Å². The maximum absolute atomic E-state index is 12.6. The molecule has 2 aliphatic rings. The van der Waals surface area contributed by atoms with Gasteiger partial charge >= 0.3 is 0 Å². The molecule has 0 saturated heterocycles. The van der Waals surface area contributed by atoms with E-state index in [1.165, 1.54) is 4.31 Å². The van der Waals surface area contributed by atoms with Crippen LogP contribution in [-0.2, 0) is 6.54 Å². The van der Waals surface area contributed by atoms with Crippen LogP contribution in [0.5, 0.6) is 0 Å². The number of pyridine rings is 1. The molecule has 156 valence electrons. The molecule has 30 heavy (non-hydrogen) atoms. The van der Waals surface area contributed by atoms with E-state index in [9.17, 15) is 19.2 Å². The monoisotopic (exact) mass is 426 g/mol. The van der Waals surface area contributed by atoms with Gasteiger partial charge < -0.3 is 10.3 Å². The molecule has 5 rings (SSSR count). The molecule has 4 N–H and O–H groups in total. The molecular formula is C20H22N6O3S. The molecule has 1 unspecified atom stereocenters. The minimum atomic E-state index is -2.93. The SMILES string of the molecule is CN1Cc2cc(Nc3nn(C(CC#N)C4CC4)c4cc[nH]c(=O)c34)ccc2S1(O)O. The Bertz CT molecular complexity index is 1240. The number of rotatable bonds is 5. The van der Waals surface area contributed by atoms with Crippen molar-refractivity contribution in [3.63, 3.8) is 0 Å². The average Bonchev–Trinajstić information content (AvgIpc) is 3.44. The summed E-state index contributed by atoms with van der Waals surface area (Å²) in [6, 6.07) is 9.30. The molecular weight excluding hydrogens is 404 g/mol. The zero-order valence-electron chi connectivity index (χ0n) is 16.4. The van der Waals surface area contributed by atoms with E-state index >= 15 is 0 Å². The summed E-state index contributed by atoms with van der Waals surface area (Å²) < 4.78 is 23.9. The Morgan fingerprint density at radius 3 is 2.93 bits per heavy atom. The summed E-state index contributed by atoms with van der Waals surface area (Å²) in [6.07, 6.45) is 4.06. The number of H-pyrrole nitrogens is 1. The molecule has 0 bridgehead atoms. The maximum atomic E-state index is 12.6. The van der Waals surface area contributed by atoms with Gasteiger partial charge in [0.2, 0.25) is 0 Å². The number of nitrogens with one attached hydrogen (secondary N) is 2. The zero-order valence-corrected chi connectivity index (χ0v) is 17.2. The molecule has 0 spiro atoms. The van der Waals surface area contributed by atoms with Crippen LogP contribution >= 0.6 is 10.8 Å². The Morgan fingerprint density at radius 2 is 2.20 bits per heavy atom. The number of benzene rings is 1. The predicted molar refractivity (Wildman–Crippen MR) is 115 cm³/mol. The summed E-state index contributed by atoms with van der Waals surface area (Å²) in [5, 5.41) is 17.6. The average molecular weight is 427 g/mol. The number of hydrogen-bond acceptors (Lipinski definition) is 7. The molecule has 1 aliphatic heterocycles. The standard InChI is InChI=1S/C20H22N6O3S/c1-25-11-13-10-14(4-5-17(13)30(25,28)29)23-19-18-16(7-9-22-20(18)27)26(24-19)15(6-8-21)12-2-3-12/h4-5,7,9-10,12,15,28-29H,2-3,6,11H2,1H3,(H,22,27)(H,23,24). The van der Waals surface area contributed by atoms with Gasteiger partial charge in [0, 0.05) is 25.5 Å². The number of fused-ring (bicyclic) bond motifs is 2. The highest BCUT2D eigenvalue weighted by molar-refractivity contribution is 8.22. The highest BCUT2D eigenvalue weighted by Crippen LogP contribution is 2.58. The first-order chi connectivity index (χ1) is 14.4. The molecule has 3 heterocycles. The van der Waals surface area contributed by atoms with Crippen molar-refractivity contribution in [2.24, 2.45) is 5.92 Å². The molecule has 2 aromatic heterocycles. The first-order valence-electron chi connectivity index (χ1n) is 9.76. The summed E-state index contributed by atoms with van der Waals surface area (Å²) >= 11 is 0. The summed E-state index contributed by atoms with van der Waals surface area (Å²) in [6.45, 7) is 0.425. The third-order valence-electron chi connectivity index (χ3n) is 5.86. The second-order valence-electron chi connectivity index (χ2n) is 7.88. The van der Waals surface area contributed by atoms with Gasteiger partial charge in [-0.05, 0) is 48.6 Å². The van der Waals surface area contributed by atoms with Crippen LogP contribution in [0.1, 0.15) is 30.9 Å². The molecule has 10 heteroatoms. The predicted octanol–water partition coefficient (Wildman–Crippen LogP) is 3.80. The van der Waals surface area contributed by atoms with Gasteiger partial charge in [-0.15, -0.1) is 10.8 Å². The molecule has 1 atom stereocenters. The number of hydrogen-bond donors (Lipinski definition) is 4. The second-order valence-corrected chi connectivity index (χ2v) is 9.98. The van der Waals surface area contributed by atoms with Gasteiger partial charge in [0.15, 0.2) is 5.82 Å². The fraction of sp³-hybridized carbons (Fsp3) is 0.350. The lowest BCUT2D eigenvalue weighted by Gasteiger charge is -2.34. The lowest BCUT2D eigenvalue weighted by atomic mass is 10.1. The molecule has 3 aromatic rings. The summed E-state index contributed by atoms with van der Waals surface area (Å²) in [5.41, 5.74) is 1.98. The van der Waals surface area contributed by atoms with Crippen LogP contribution in [0.15, 0.2) is 40.2 Å². The van der Waals surface area contributed by atoms with E-state index < -0.39 is 10.8 Å². The fourth-order valence-electron chi connectivity index (χ4n) is 4.15. The van der Waals surface area contributed by atoms with Gasteiger partial charge in [0.1, 0.15) is 5.39 Å². The van der Waals surface area contributed by atoms with Crippen LogP contribution in [-0.4, -0.2) is 35.2 Å². The van der Waals surface area contributed by atoms with Crippen molar-refractivity contribution in [2.75, 3.05) is 12.4 Å². The van der Waals surface area contributed by atoms with Crippen molar-refractivity contribution >= 4 is 33.2 Å². The van der Waals surface area contributed by atoms with Gasteiger partial charge in [-0.2, -0.15) is 10.4 Å². The van der Waals surface area contributed by atoms with Crippen molar-refractivity contribution in [1.82, 2.24) is 19.1 Å². The Kier molecular flexibility index (Phi) is 4.37. The highest BCUT2D eigenvalue weighted by Gasteiger charge is 2.35. The Balaban J connectivity index is 1.57. The largest absolute Gasteiger partial charge is 0.338 e. The van der Waals surface area contributed by atoms with Gasteiger partial charge in [-0.3, -0.25) is 18.6 Å². The minimum absolute atomic E-state index is 0.0588. The fourth-order valence-corrected chi connectivity index (χ4v) is 5.53. The van der Waals surface area contributed by atoms with E-state index in [-0.39, 0.29) is 11.6 Å².